The number of unbranched alkanes of at least 4 members (excludes halogenated alkanes) is 1. The molecule has 0 aliphatic carbocycles. The lowest BCUT2D eigenvalue weighted by molar-refractivity contribution is -0.175. The second-order valence-corrected chi connectivity index (χ2v) is 14.4. The second kappa shape index (κ2) is 16.1. The third-order valence-electron chi connectivity index (χ3n) is 7.77. The minimum absolute atomic E-state index is 0.198. The molecular formula is C33H46N5O10P. The Morgan fingerprint density at radius 2 is 1.69 bits per heavy atom. The normalized spacial score (nSPS) is 22.5. The summed E-state index contributed by atoms with van der Waals surface area (Å²) in [6.45, 7) is 11.4. The maximum Gasteiger partial charge on any atom is 0.459 e. The SMILES string of the molecule is CCCCOC(=O)[C@H](C)N[P@@](=O)(OC[C@@]1(C)O[C@@H](c2ccc3c(N)ncnn23)[C@H](OC(=O)C(C)C)[C@@H]1OC(=O)C(C)C)Oc1ccccc1. The largest absolute Gasteiger partial charge is 0.465 e. The summed E-state index contributed by atoms with van der Waals surface area (Å²) in [6.07, 6.45) is -0.766. The number of carbonyl (C=O) groups excluding carboxylic acids is 3. The summed E-state index contributed by atoms with van der Waals surface area (Å²) in [6, 6.07) is 10.5. The van der Waals surface area contributed by atoms with Crippen molar-refractivity contribution >= 4 is 37.0 Å². The number of fused-ring (bicyclic) bond motifs is 1. The van der Waals surface area contributed by atoms with Crippen LogP contribution in [0.1, 0.15) is 73.1 Å². The van der Waals surface area contributed by atoms with Crippen LogP contribution in [0.15, 0.2) is 48.8 Å². The van der Waals surface area contributed by atoms with Crippen LogP contribution in [-0.4, -0.2) is 69.6 Å². The zero-order valence-electron chi connectivity index (χ0n) is 28.9. The fraction of sp³-hybridized carbons (Fsp3) is 0.545. The number of ether oxygens (including phenoxy) is 4. The van der Waals surface area contributed by atoms with Crippen molar-refractivity contribution in [2.45, 2.75) is 91.3 Å². The Hall–Kier alpha value is -4.04. The molecule has 0 amide bonds. The van der Waals surface area contributed by atoms with E-state index in [1.165, 1.54) is 17.8 Å². The zero-order valence-corrected chi connectivity index (χ0v) is 29.8. The molecule has 1 fully saturated rings. The summed E-state index contributed by atoms with van der Waals surface area (Å²) in [5.41, 5.74) is 5.38. The molecule has 0 saturated carbocycles. The van der Waals surface area contributed by atoms with E-state index in [2.05, 4.69) is 15.2 Å². The Bertz CT molecular complexity index is 1650. The Morgan fingerprint density at radius 3 is 2.35 bits per heavy atom. The molecule has 0 spiro atoms. The number of nitrogens with one attached hydrogen (secondary N) is 1. The van der Waals surface area contributed by atoms with E-state index in [-0.39, 0.29) is 18.2 Å². The highest BCUT2D eigenvalue weighted by molar-refractivity contribution is 7.52. The fourth-order valence-corrected chi connectivity index (χ4v) is 6.55. The van der Waals surface area contributed by atoms with Gasteiger partial charge in [0.15, 0.2) is 18.0 Å². The quantitative estimate of drug-likeness (QED) is 0.0894. The summed E-state index contributed by atoms with van der Waals surface area (Å²) in [7, 11) is -4.37. The van der Waals surface area contributed by atoms with Crippen molar-refractivity contribution in [1.82, 2.24) is 19.7 Å². The Morgan fingerprint density at radius 1 is 1.02 bits per heavy atom. The first-order valence-electron chi connectivity index (χ1n) is 16.3. The van der Waals surface area contributed by atoms with Crippen LogP contribution < -0.4 is 15.3 Å². The standard InChI is InChI=1S/C33H46N5O10P/c1-8-9-17-43-32(41)22(6)37-49(42,48-23-13-11-10-12-14-23)44-18-33(7)28(46-31(40)21(4)5)27(45-30(39)20(2)3)26(47-33)24-15-16-25-29(34)35-19-36-38(24)25/h10-16,19-22,26-28H,8-9,17-18H2,1-7H3,(H,37,42)(H2,34,35,36)/t22-,26-,27-,28-,33+,49+/m0/s1. The average Bonchev–Trinajstić information content (AvgIpc) is 3.60. The molecule has 16 heteroatoms. The molecule has 3 heterocycles. The van der Waals surface area contributed by atoms with Gasteiger partial charge in [0, 0.05) is 0 Å². The van der Waals surface area contributed by atoms with Gasteiger partial charge in [-0.1, -0.05) is 59.2 Å². The minimum Gasteiger partial charge on any atom is -0.465 e. The number of para-hydroxylation sites is 1. The number of carbonyl (C=O) groups is 3. The molecule has 6 atom stereocenters. The summed E-state index contributed by atoms with van der Waals surface area (Å²) in [5.74, 6) is -2.50. The molecule has 3 N–H and O–H groups in total. The molecule has 1 aromatic carbocycles. The highest BCUT2D eigenvalue weighted by Crippen LogP contribution is 2.50. The van der Waals surface area contributed by atoms with Crippen molar-refractivity contribution < 1.29 is 46.9 Å². The van der Waals surface area contributed by atoms with E-state index in [1.807, 2.05) is 6.92 Å². The predicted octanol–water partition coefficient (Wildman–Crippen LogP) is 4.80. The van der Waals surface area contributed by atoms with Gasteiger partial charge in [0.1, 0.15) is 35.3 Å². The summed E-state index contributed by atoms with van der Waals surface area (Å²) in [5, 5.41) is 6.98. The molecule has 49 heavy (non-hydrogen) atoms. The van der Waals surface area contributed by atoms with E-state index in [0.29, 0.717) is 17.6 Å². The molecule has 0 unspecified atom stereocenters. The zero-order chi connectivity index (χ0) is 35.9. The number of anilines is 1. The number of hydrogen-bond acceptors (Lipinski definition) is 13. The van der Waals surface area contributed by atoms with Gasteiger partial charge in [0.25, 0.3) is 0 Å². The number of rotatable bonds is 16. The molecule has 4 rings (SSSR count). The Kier molecular flexibility index (Phi) is 12.4. The van der Waals surface area contributed by atoms with Crippen LogP contribution in [0.4, 0.5) is 5.82 Å². The molecular weight excluding hydrogens is 657 g/mol. The number of hydrogen-bond donors (Lipinski definition) is 2. The number of benzene rings is 1. The summed E-state index contributed by atoms with van der Waals surface area (Å²) in [4.78, 5) is 43.0. The molecule has 15 nitrogen and oxygen atoms in total. The van der Waals surface area contributed by atoms with Crippen LogP contribution in [0.5, 0.6) is 5.75 Å². The number of aromatic nitrogens is 3. The lowest BCUT2D eigenvalue weighted by Gasteiger charge is -2.33. The molecule has 1 saturated heterocycles. The van der Waals surface area contributed by atoms with Crippen LogP contribution in [0.25, 0.3) is 5.52 Å². The molecule has 0 bridgehead atoms. The van der Waals surface area contributed by atoms with Gasteiger partial charge in [-0.2, -0.15) is 10.2 Å². The molecule has 0 radical (unpaired) electrons. The van der Waals surface area contributed by atoms with Gasteiger partial charge >= 0.3 is 25.7 Å². The Balaban J connectivity index is 1.73. The van der Waals surface area contributed by atoms with E-state index in [0.717, 1.165) is 6.42 Å². The first-order valence-corrected chi connectivity index (χ1v) is 17.8. The molecule has 3 aromatic rings. The lowest BCUT2D eigenvalue weighted by Crippen LogP contribution is -2.49. The van der Waals surface area contributed by atoms with Gasteiger partial charge in [0.05, 0.1) is 30.7 Å². The van der Waals surface area contributed by atoms with Crippen LogP contribution in [0.3, 0.4) is 0 Å². The highest BCUT2D eigenvalue weighted by atomic mass is 31.2. The van der Waals surface area contributed by atoms with Gasteiger partial charge in [-0.25, -0.2) is 14.1 Å². The van der Waals surface area contributed by atoms with E-state index in [4.69, 9.17) is 33.7 Å². The molecule has 1 aliphatic rings. The first-order chi connectivity index (χ1) is 23.2. The van der Waals surface area contributed by atoms with Crippen molar-refractivity contribution in [2.75, 3.05) is 18.9 Å². The number of nitrogens with zero attached hydrogens (tertiary/aromatic N) is 3. The van der Waals surface area contributed by atoms with Crippen LogP contribution >= 0.6 is 7.75 Å². The predicted molar refractivity (Wildman–Crippen MR) is 178 cm³/mol. The van der Waals surface area contributed by atoms with Crippen molar-refractivity contribution in [2.24, 2.45) is 11.8 Å². The van der Waals surface area contributed by atoms with E-state index >= 15 is 0 Å². The maximum atomic E-state index is 14.4. The number of nitrogen functional groups attached to an aromatic ring is 1. The summed E-state index contributed by atoms with van der Waals surface area (Å²) >= 11 is 0. The second-order valence-electron chi connectivity index (χ2n) is 12.7. The fourth-order valence-electron chi connectivity index (χ4n) is 4.97. The van der Waals surface area contributed by atoms with Crippen molar-refractivity contribution in [1.29, 1.82) is 0 Å². The van der Waals surface area contributed by atoms with Gasteiger partial charge in [0.2, 0.25) is 0 Å². The molecule has 1 aliphatic heterocycles. The summed E-state index contributed by atoms with van der Waals surface area (Å²) < 4.78 is 51.6. The molecule has 268 valence electrons. The van der Waals surface area contributed by atoms with Crippen LogP contribution in [0.2, 0.25) is 0 Å². The molecule has 2 aromatic heterocycles. The van der Waals surface area contributed by atoms with Crippen molar-refractivity contribution in [3.8, 4) is 5.75 Å². The number of esters is 3. The monoisotopic (exact) mass is 703 g/mol. The average molecular weight is 704 g/mol. The van der Waals surface area contributed by atoms with E-state index in [9.17, 15) is 18.9 Å². The van der Waals surface area contributed by atoms with Gasteiger partial charge < -0.3 is 29.2 Å². The third kappa shape index (κ3) is 9.15. The van der Waals surface area contributed by atoms with Gasteiger partial charge in [-0.3, -0.25) is 18.9 Å². The van der Waals surface area contributed by atoms with Crippen molar-refractivity contribution in [3.63, 3.8) is 0 Å². The van der Waals surface area contributed by atoms with Gasteiger partial charge in [-0.05, 0) is 44.5 Å². The van der Waals surface area contributed by atoms with E-state index in [1.54, 1.807) is 77.1 Å². The van der Waals surface area contributed by atoms with Crippen LogP contribution in [-0.2, 0) is 42.4 Å². The van der Waals surface area contributed by atoms with Crippen LogP contribution in [0, 0.1) is 11.8 Å². The maximum absolute atomic E-state index is 14.4. The minimum atomic E-state index is -4.37. The van der Waals surface area contributed by atoms with Crippen molar-refractivity contribution in [3.05, 3.63) is 54.5 Å². The highest BCUT2D eigenvalue weighted by Gasteiger charge is 2.59. The number of nitrogens with two attached hydrogens (primary N) is 1. The third-order valence-corrected chi connectivity index (χ3v) is 9.40. The Labute approximate surface area is 285 Å². The smallest absolute Gasteiger partial charge is 0.459 e. The van der Waals surface area contributed by atoms with Gasteiger partial charge in [-0.15, -0.1) is 0 Å². The lowest BCUT2D eigenvalue weighted by atomic mass is 9.95. The van der Waals surface area contributed by atoms with E-state index < -0.39 is 74.1 Å². The topological polar surface area (TPSA) is 192 Å². The first kappa shape index (κ1) is 37.8.